The fraction of sp³-hybridized carbons (Fsp3) is 1.00. The third-order valence-electron chi connectivity index (χ3n) is 1.50. The maximum atomic E-state index is 8.34. The Morgan fingerprint density at radius 3 is 1.50 bits per heavy atom. The van der Waals surface area contributed by atoms with Crippen LogP contribution in [0.1, 0.15) is 19.8 Å². The third-order valence-corrected chi connectivity index (χ3v) is 2.67. The van der Waals surface area contributed by atoms with Crippen LogP contribution in [0.3, 0.4) is 0 Å². The molecule has 0 saturated carbocycles. The van der Waals surface area contributed by atoms with Crippen LogP contribution in [0.4, 0.5) is 0 Å². The van der Waals surface area contributed by atoms with Crippen molar-refractivity contribution >= 4 is 22.5 Å². The Balaban J connectivity index is -0.000000177. The van der Waals surface area contributed by atoms with Gasteiger partial charge >= 0.3 is 46.7 Å². The van der Waals surface area contributed by atoms with Crippen LogP contribution in [-0.2, 0) is 0 Å². The Kier molecular flexibility index (Phi) is 19.5. The molecule has 2 radical (unpaired) electrons. The van der Waals surface area contributed by atoms with Crippen LogP contribution in [0.2, 0.25) is 4.44 Å². The minimum absolute atomic E-state index is 0. The Hall–Kier alpha value is 0.599. The molecule has 6 heteroatoms. The van der Waals surface area contributed by atoms with Crippen LogP contribution in [0.25, 0.3) is 0 Å². The van der Waals surface area contributed by atoms with E-state index in [2.05, 4.69) is 6.92 Å². The van der Waals surface area contributed by atoms with E-state index in [9.17, 15) is 0 Å². The molecule has 0 spiro atoms. The monoisotopic (exact) mass is 317 g/mol. The van der Waals surface area contributed by atoms with Crippen LogP contribution in [0.5, 0.6) is 0 Å². The maximum Gasteiger partial charge on any atom is 0.0856 e. The number of hydrogen-bond acceptors (Lipinski definition) is 4. The summed E-state index contributed by atoms with van der Waals surface area (Å²) >= 11 is 1.45. The van der Waals surface area contributed by atoms with E-state index < -0.39 is 25.4 Å². The second-order valence-electron chi connectivity index (χ2n) is 2.98. The summed E-state index contributed by atoms with van der Waals surface area (Å²) in [5.41, 5.74) is 3.94. The summed E-state index contributed by atoms with van der Waals surface area (Å²) in [6.45, 7) is 1.02. The summed E-state index contributed by atoms with van der Waals surface area (Å²) in [6, 6.07) is 0. The average Bonchev–Trinajstić information content (AvgIpc) is 2.19. The fourth-order valence-corrected chi connectivity index (χ4v) is 1.52. The molecule has 0 aliphatic rings. The Morgan fingerprint density at radius 1 is 1.14 bits per heavy atom. The van der Waals surface area contributed by atoms with Gasteiger partial charge in [-0.1, -0.05) is 0 Å². The zero-order valence-corrected chi connectivity index (χ0v) is 12.0. The molecule has 0 aliphatic heterocycles. The number of nitrogens with two attached hydrogens (primary N) is 1. The largest absolute Gasteiger partial charge is 0.412 e. The molecule has 14 heavy (non-hydrogen) atoms. The van der Waals surface area contributed by atoms with Crippen molar-refractivity contribution in [1.29, 1.82) is 0 Å². The van der Waals surface area contributed by atoms with E-state index >= 15 is 0 Å². The first-order chi connectivity index (χ1) is 6.10. The molecule has 0 aliphatic carbocycles. The van der Waals surface area contributed by atoms with E-state index in [1.807, 2.05) is 0 Å². The summed E-state index contributed by atoms with van der Waals surface area (Å²) in [5.74, 6) is 0. The van der Waals surface area contributed by atoms with Gasteiger partial charge in [0.2, 0.25) is 0 Å². The molecular weight excluding hydrogens is 293 g/mol. The van der Waals surface area contributed by atoms with Crippen molar-refractivity contribution in [1.82, 2.24) is 0 Å². The molecule has 0 aromatic carbocycles. The summed E-state index contributed by atoms with van der Waals surface area (Å²) < 4.78 is 1.47. The fourth-order valence-electron chi connectivity index (χ4n) is 0.354. The first-order valence-electron chi connectivity index (χ1n) is 4.41. The molecule has 88 valence electrons. The third kappa shape index (κ3) is 12.6. The van der Waals surface area contributed by atoms with Gasteiger partial charge in [0.15, 0.2) is 0 Å². The number of rotatable bonds is 5. The van der Waals surface area contributed by atoms with Gasteiger partial charge in [0.1, 0.15) is 0 Å². The van der Waals surface area contributed by atoms with Crippen LogP contribution in [0, 0.1) is 0 Å². The molecule has 7 N–H and O–H groups in total. The standard InChI is InChI=1S/C4H11NO3.C4H9.H2O.Sn.H/c5-4(1-6,2-7)3-8;1-3-4-2;;;/h6-8H,1-3,5H2;1,3-4H2,2H3;1H2;;. The van der Waals surface area contributed by atoms with Crippen LogP contribution < -0.4 is 5.73 Å². The van der Waals surface area contributed by atoms with Gasteiger partial charge in [-0.25, -0.2) is 0 Å². The molecule has 0 fully saturated rings. The Labute approximate surface area is 98.7 Å². The van der Waals surface area contributed by atoms with Gasteiger partial charge in [-0.15, -0.1) is 0 Å². The maximum absolute atomic E-state index is 8.34. The quantitative estimate of drug-likeness (QED) is 0.436. The number of unbranched alkanes of at least 4 members (excludes halogenated alkanes) is 1. The molecule has 0 bridgehead atoms. The average molecular weight is 316 g/mol. The summed E-state index contributed by atoms with van der Waals surface area (Å²) in [4.78, 5) is 0. The molecule has 0 saturated heterocycles. The normalized spacial score (nSPS) is 9.86. The van der Waals surface area contributed by atoms with Crippen LogP contribution >= 0.6 is 0 Å². The molecule has 0 unspecified atom stereocenters. The van der Waals surface area contributed by atoms with Crippen molar-refractivity contribution in [3.8, 4) is 0 Å². The predicted octanol–water partition coefficient (Wildman–Crippen LogP) is -2.06. The van der Waals surface area contributed by atoms with E-state index in [1.54, 1.807) is 0 Å². The SMILES string of the molecule is CCC[CH2][SnH].NC(CO)(CO)CO.O. The van der Waals surface area contributed by atoms with Crippen molar-refractivity contribution in [3.63, 3.8) is 0 Å². The van der Waals surface area contributed by atoms with Crippen LogP contribution in [0.15, 0.2) is 0 Å². The van der Waals surface area contributed by atoms with Crippen molar-refractivity contribution in [2.45, 2.75) is 29.7 Å². The first kappa shape index (κ1) is 20.1. The summed E-state index contributed by atoms with van der Waals surface area (Å²) in [5, 5.41) is 25.0. The minimum atomic E-state index is -1.21. The zero-order chi connectivity index (χ0) is 10.7. The Morgan fingerprint density at radius 2 is 1.50 bits per heavy atom. The molecule has 5 nitrogen and oxygen atoms in total. The number of aliphatic hydroxyl groups excluding tert-OH is 3. The molecule has 0 heterocycles. The topological polar surface area (TPSA) is 118 Å². The molecular formula is C8H23NO4Sn. The molecule has 0 amide bonds. The minimum Gasteiger partial charge on any atom is -0.412 e. The summed E-state index contributed by atoms with van der Waals surface area (Å²) in [6.07, 6.45) is 2.82. The van der Waals surface area contributed by atoms with Gasteiger partial charge < -0.3 is 26.5 Å². The van der Waals surface area contributed by atoms with Gasteiger partial charge in [-0.3, -0.25) is 0 Å². The van der Waals surface area contributed by atoms with Crippen molar-refractivity contribution in [3.05, 3.63) is 0 Å². The second kappa shape index (κ2) is 13.6. The van der Waals surface area contributed by atoms with Gasteiger partial charge in [-0.2, -0.15) is 0 Å². The predicted molar refractivity (Wildman–Crippen MR) is 58.7 cm³/mol. The van der Waals surface area contributed by atoms with Gasteiger partial charge in [0.05, 0.1) is 25.4 Å². The number of hydrogen-bond donors (Lipinski definition) is 4. The first-order valence-corrected chi connectivity index (χ1v) is 6.74. The smallest absolute Gasteiger partial charge is 0.0856 e. The van der Waals surface area contributed by atoms with Crippen LogP contribution in [-0.4, -0.2) is 68.7 Å². The van der Waals surface area contributed by atoms with E-state index in [0.29, 0.717) is 0 Å². The van der Waals surface area contributed by atoms with E-state index in [1.165, 1.54) is 39.8 Å². The van der Waals surface area contributed by atoms with Gasteiger partial charge in [0.25, 0.3) is 0 Å². The molecule has 0 atom stereocenters. The number of aliphatic hydroxyl groups is 3. The van der Waals surface area contributed by atoms with E-state index in [-0.39, 0.29) is 5.48 Å². The summed E-state index contributed by atoms with van der Waals surface area (Å²) in [7, 11) is 0. The molecule has 0 rings (SSSR count). The van der Waals surface area contributed by atoms with Crippen molar-refractivity contribution in [2.75, 3.05) is 19.8 Å². The van der Waals surface area contributed by atoms with Crippen molar-refractivity contribution < 1.29 is 20.8 Å². The van der Waals surface area contributed by atoms with Gasteiger partial charge in [-0.05, 0) is 0 Å². The van der Waals surface area contributed by atoms with Gasteiger partial charge in [0, 0.05) is 0 Å². The Bertz CT molecular complexity index is 91.1. The van der Waals surface area contributed by atoms with Crippen molar-refractivity contribution in [2.24, 2.45) is 5.73 Å². The zero-order valence-electron chi connectivity index (χ0n) is 8.74. The van der Waals surface area contributed by atoms with E-state index in [4.69, 9.17) is 21.1 Å². The van der Waals surface area contributed by atoms with E-state index in [0.717, 1.165) is 0 Å². The molecule has 0 aromatic rings. The second-order valence-corrected chi connectivity index (χ2v) is 4.63. The molecule has 0 aromatic heterocycles.